The van der Waals surface area contributed by atoms with Crippen molar-refractivity contribution in [1.29, 1.82) is 0 Å². The molecule has 0 radical (unpaired) electrons. The molecule has 118 valence electrons. The maximum Gasteiger partial charge on any atom is 0.239 e. The highest BCUT2D eigenvalue weighted by Crippen LogP contribution is 2.13. The van der Waals surface area contributed by atoms with Gasteiger partial charge in [-0.25, -0.2) is 9.67 Å². The van der Waals surface area contributed by atoms with E-state index in [9.17, 15) is 4.79 Å². The van der Waals surface area contributed by atoms with Crippen molar-refractivity contribution in [2.24, 2.45) is 0 Å². The fourth-order valence-corrected chi connectivity index (χ4v) is 2.53. The first-order valence-corrected chi connectivity index (χ1v) is 7.53. The molecule has 8 heteroatoms. The SMILES string of the molecule is CCc1nc2n(n1)C[C@H](NCC(=O)Nc1cc(C)on1)CC2. The van der Waals surface area contributed by atoms with Crippen LogP contribution in [0.4, 0.5) is 5.82 Å². The molecule has 0 spiro atoms. The Morgan fingerprint density at radius 3 is 3.14 bits per heavy atom. The molecule has 0 aromatic carbocycles. The predicted molar refractivity (Wildman–Crippen MR) is 79.4 cm³/mol. The van der Waals surface area contributed by atoms with Gasteiger partial charge in [-0.3, -0.25) is 4.79 Å². The Balaban J connectivity index is 1.49. The van der Waals surface area contributed by atoms with E-state index in [2.05, 4.69) is 25.9 Å². The summed E-state index contributed by atoms with van der Waals surface area (Å²) in [6.45, 7) is 4.82. The van der Waals surface area contributed by atoms with Gasteiger partial charge in [0.05, 0.1) is 13.1 Å². The summed E-state index contributed by atoms with van der Waals surface area (Å²) in [6.07, 6.45) is 2.69. The van der Waals surface area contributed by atoms with E-state index in [1.807, 2.05) is 11.6 Å². The normalized spacial score (nSPS) is 17.3. The fraction of sp³-hybridized carbons (Fsp3) is 0.571. The second-order valence-electron chi connectivity index (χ2n) is 5.47. The van der Waals surface area contributed by atoms with E-state index in [1.165, 1.54) is 0 Å². The highest BCUT2D eigenvalue weighted by molar-refractivity contribution is 5.91. The van der Waals surface area contributed by atoms with Crippen LogP contribution in [0.3, 0.4) is 0 Å². The lowest BCUT2D eigenvalue weighted by molar-refractivity contribution is -0.115. The minimum atomic E-state index is -0.132. The van der Waals surface area contributed by atoms with Gasteiger partial charge in [-0.1, -0.05) is 12.1 Å². The van der Waals surface area contributed by atoms with E-state index in [4.69, 9.17) is 4.52 Å². The molecule has 2 aromatic heterocycles. The second-order valence-corrected chi connectivity index (χ2v) is 5.47. The molecule has 0 fully saturated rings. The third-order valence-corrected chi connectivity index (χ3v) is 3.66. The zero-order chi connectivity index (χ0) is 15.5. The monoisotopic (exact) mass is 304 g/mol. The van der Waals surface area contributed by atoms with Crippen molar-refractivity contribution in [3.05, 3.63) is 23.5 Å². The van der Waals surface area contributed by atoms with Crippen LogP contribution in [-0.4, -0.2) is 38.4 Å². The molecule has 3 rings (SSSR count). The Bertz CT molecular complexity index is 662. The van der Waals surface area contributed by atoms with E-state index >= 15 is 0 Å². The second kappa shape index (κ2) is 6.27. The van der Waals surface area contributed by atoms with Gasteiger partial charge in [0.25, 0.3) is 0 Å². The number of anilines is 1. The Hall–Kier alpha value is -2.22. The van der Waals surface area contributed by atoms with Crippen molar-refractivity contribution in [2.75, 3.05) is 11.9 Å². The highest BCUT2D eigenvalue weighted by Gasteiger charge is 2.21. The van der Waals surface area contributed by atoms with Crippen LogP contribution in [0, 0.1) is 6.92 Å². The number of fused-ring (bicyclic) bond motifs is 1. The Kier molecular flexibility index (Phi) is 4.19. The van der Waals surface area contributed by atoms with Gasteiger partial charge in [0.15, 0.2) is 11.6 Å². The van der Waals surface area contributed by atoms with E-state index in [0.717, 1.165) is 37.5 Å². The number of aryl methyl sites for hydroxylation is 3. The summed E-state index contributed by atoms with van der Waals surface area (Å²) in [4.78, 5) is 16.4. The number of rotatable bonds is 5. The van der Waals surface area contributed by atoms with Crippen LogP contribution in [0.2, 0.25) is 0 Å². The first-order valence-electron chi connectivity index (χ1n) is 7.53. The number of amides is 1. The van der Waals surface area contributed by atoms with Crippen LogP contribution >= 0.6 is 0 Å². The molecule has 22 heavy (non-hydrogen) atoms. The van der Waals surface area contributed by atoms with Gasteiger partial charge in [0.1, 0.15) is 11.6 Å². The summed E-state index contributed by atoms with van der Waals surface area (Å²) in [6, 6.07) is 1.91. The van der Waals surface area contributed by atoms with E-state index in [1.54, 1.807) is 13.0 Å². The maximum atomic E-state index is 11.9. The molecular formula is C14H20N6O2. The van der Waals surface area contributed by atoms with Crippen molar-refractivity contribution in [3.63, 3.8) is 0 Å². The molecule has 2 N–H and O–H groups in total. The molecule has 8 nitrogen and oxygen atoms in total. The topological polar surface area (TPSA) is 97.9 Å². The number of carbonyl (C=O) groups is 1. The number of hydrogen-bond acceptors (Lipinski definition) is 6. The molecule has 0 aliphatic carbocycles. The van der Waals surface area contributed by atoms with Gasteiger partial charge in [-0.15, -0.1) is 0 Å². The van der Waals surface area contributed by atoms with Gasteiger partial charge < -0.3 is 15.2 Å². The summed E-state index contributed by atoms with van der Waals surface area (Å²) in [7, 11) is 0. The summed E-state index contributed by atoms with van der Waals surface area (Å²) in [5.74, 6) is 2.90. The molecule has 0 bridgehead atoms. The molecule has 3 heterocycles. The molecule has 1 amide bonds. The zero-order valence-corrected chi connectivity index (χ0v) is 12.8. The standard InChI is InChI=1S/C14H20N6O2/c1-3-11-16-13-5-4-10(8-20(13)18-11)15-7-14(21)17-12-6-9(2)22-19-12/h6,10,15H,3-5,7-8H2,1-2H3,(H,17,19,21)/t10-/m1/s1. The average molecular weight is 304 g/mol. The summed E-state index contributed by atoms with van der Waals surface area (Å²) in [5.41, 5.74) is 0. The molecule has 0 unspecified atom stereocenters. The molecule has 1 aliphatic rings. The minimum absolute atomic E-state index is 0.132. The van der Waals surface area contributed by atoms with Gasteiger partial charge >= 0.3 is 0 Å². The van der Waals surface area contributed by atoms with Crippen molar-refractivity contribution < 1.29 is 9.32 Å². The lowest BCUT2D eigenvalue weighted by atomic mass is 10.1. The molecule has 0 saturated carbocycles. The van der Waals surface area contributed by atoms with Crippen molar-refractivity contribution in [1.82, 2.24) is 25.2 Å². The van der Waals surface area contributed by atoms with Crippen LogP contribution in [0.25, 0.3) is 0 Å². The number of hydrogen-bond donors (Lipinski definition) is 2. The molecule has 0 saturated heterocycles. The van der Waals surface area contributed by atoms with Gasteiger partial charge in [0, 0.05) is 24.9 Å². The summed E-state index contributed by atoms with van der Waals surface area (Å²) >= 11 is 0. The van der Waals surface area contributed by atoms with Crippen molar-refractivity contribution >= 4 is 11.7 Å². The van der Waals surface area contributed by atoms with Crippen molar-refractivity contribution in [3.8, 4) is 0 Å². The van der Waals surface area contributed by atoms with Crippen LogP contribution < -0.4 is 10.6 Å². The Labute approximate surface area is 128 Å². The van der Waals surface area contributed by atoms with Gasteiger partial charge in [-0.05, 0) is 13.3 Å². The highest BCUT2D eigenvalue weighted by atomic mass is 16.5. The first kappa shape index (κ1) is 14.7. The maximum absolute atomic E-state index is 11.9. The van der Waals surface area contributed by atoms with Crippen LogP contribution in [0.15, 0.2) is 10.6 Å². The number of nitrogens with one attached hydrogen (secondary N) is 2. The lowest BCUT2D eigenvalue weighted by Gasteiger charge is -2.23. The van der Waals surface area contributed by atoms with E-state index in [0.29, 0.717) is 11.6 Å². The van der Waals surface area contributed by atoms with Crippen LogP contribution in [-0.2, 0) is 24.2 Å². The summed E-state index contributed by atoms with van der Waals surface area (Å²) in [5, 5.41) is 14.1. The number of nitrogens with zero attached hydrogens (tertiary/aromatic N) is 4. The molecule has 1 atom stereocenters. The van der Waals surface area contributed by atoms with E-state index < -0.39 is 0 Å². The third-order valence-electron chi connectivity index (χ3n) is 3.66. The van der Waals surface area contributed by atoms with Gasteiger partial charge in [-0.2, -0.15) is 5.10 Å². The van der Waals surface area contributed by atoms with E-state index in [-0.39, 0.29) is 18.5 Å². The Morgan fingerprint density at radius 2 is 2.41 bits per heavy atom. The Morgan fingerprint density at radius 1 is 1.55 bits per heavy atom. The van der Waals surface area contributed by atoms with Crippen LogP contribution in [0.5, 0.6) is 0 Å². The van der Waals surface area contributed by atoms with Crippen LogP contribution in [0.1, 0.15) is 30.8 Å². The average Bonchev–Trinajstić information content (AvgIpc) is 3.10. The lowest BCUT2D eigenvalue weighted by Crippen LogP contribution is -2.41. The quantitative estimate of drug-likeness (QED) is 0.843. The largest absolute Gasteiger partial charge is 0.360 e. The molecular weight excluding hydrogens is 284 g/mol. The summed E-state index contributed by atoms with van der Waals surface area (Å²) < 4.78 is 6.85. The van der Waals surface area contributed by atoms with Gasteiger partial charge in [0.2, 0.25) is 5.91 Å². The third kappa shape index (κ3) is 3.33. The number of carbonyl (C=O) groups excluding carboxylic acids is 1. The fourth-order valence-electron chi connectivity index (χ4n) is 2.53. The van der Waals surface area contributed by atoms with Crippen molar-refractivity contribution in [2.45, 2.75) is 45.7 Å². The molecule has 1 aliphatic heterocycles. The number of aromatic nitrogens is 4. The minimum Gasteiger partial charge on any atom is -0.360 e. The molecule has 2 aromatic rings. The predicted octanol–water partition coefficient (Wildman–Crippen LogP) is 0.680. The smallest absolute Gasteiger partial charge is 0.239 e. The zero-order valence-electron chi connectivity index (χ0n) is 12.8. The first-order chi connectivity index (χ1) is 10.6.